The molecule has 2 fully saturated rings. The molecule has 3 atom stereocenters. The summed E-state index contributed by atoms with van der Waals surface area (Å²) in [6.07, 6.45) is 6.37. The molecule has 0 amide bonds. The van der Waals surface area contributed by atoms with E-state index in [0.29, 0.717) is 10.9 Å². The van der Waals surface area contributed by atoms with E-state index in [1.807, 2.05) is 42.6 Å². The largest absolute Gasteiger partial charge is 0.497 e. The highest BCUT2D eigenvalue weighted by Gasteiger charge is 2.43. The van der Waals surface area contributed by atoms with Gasteiger partial charge in [-0.2, -0.15) is 0 Å². The molecular formula is C25H28N4O3S. The molecule has 4 heterocycles. The SMILES string of the molecule is COc1ccc(N2C(=S)N[C@H](c3ccccn3)[C@H]2c2cccn2C[C@H]2CCCO2)c(OC)c1. The number of hydrogen-bond donors (Lipinski definition) is 1. The Bertz CT molecular complexity index is 1110. The number of ether oxygens (including phenoxy) is 3. The molecular weight excluding hydrogens is 436 g/mol. The molecule has 2 aromatic heterocycles. The molecule has 1 N–H and O–H groups in total. The fraction of sp³-hybridized carbons (Fsp3) is 0.360. The molecule has 0 saturated carbocycles. The van der Waals surface area contributed by atoms with Gasteiger partial charge in [-0.25, -0.2) is 0 Å². The second-order valence-electron chi connectivity index (χ2n) is 8.25. The van der Waals surface area contributed by atoms with Crippen LogP contribution in [0.15, 0.2) is 60.9 Å². The number of aromatic nitrogens is 2. The summed E-state index contributed by atoms with van der Waals surface area (Å²) in [5.74, 6) is 1.43. The van der Waals surface area contributed by atoms with Crippen LogP contribution < -0.4 is 19.7 Å². The number of pyridine rings is 1. The lowest BCUT2D eigenvalue weighted by Gasteiger charge is -2.30. The van der Waals surface area contributed by atoms with Gasteiger partial charge in [-0.3, -0.25) is 4.98 Å². The smallest absolute Gasteiger partial charge is 0.174 e. The minimum atomic E-state index is -0.122. The minimum absolute atomic E-state index is 0.119. The predicted molar refractivity (Wildman–Crippen MR) is 131 cm³/mol. The zero-order chi connectivity index (χ0) is 22.8. The molecule has 0 aliphatic carbocycles. The van der Waals surface area contributed by atoms with Gasteiger partial charge in [0.15, 0.2) is 5.11 Å². The highest BCUT2D eigenvalue weighted by atomic mass is 32.1. The number of nitrogens with zero attached hydrogens (tertiary/aromatic N) is 3. The van der Waals surface area contributed by atoms with Crippen molar-refractivity contribution in [3.8, 4) is 11.5 Å². The quantitative estimate of drug-likeness (QED) is 0.525. The van der Waals surface area contributed by atoms with Crippen molar-refractivity contribution in [2.24, 2.45) is 0 Å². The van der Waals surface area contributed by atoms with Crippen molar-refractivity contribution >= 4 is 23.0 Å². The minimum Gasteiger partial charge on any atom is -0.497 e. The number of thiocarbonyl (C=S) groups is 1. The highest BCUT2D eigenvalue weighted by molar-refractivity contribution is 7.80. The maximum atomic E-state index is 5.93. The number of hydrogen-bond acceptors (Lipinski definition) is 5. The summed E-state index contributed by atoms with van der Waals surface area (Å²) in [4.78, 5) is 6.79. The molecule has 1 aromatic carbocycles. The Kier molecular flexibility index (Phi) is 6.20. The lowest BCUT2D eigenvalue weighted by molar-refractivity contribution is 0.0961. The standard InChI is InChI=1S/C25H28N4O3S/c1-30-17-10-11-20(22(15-17)31-2)29-24(23(27-25(29)33)19-8-3-4-12-26-19)21-9-5-13-28(21)16-18-7-6-14-32-18/h3-5,8-13,15,18,23-24H,6-7,14,16H2,1-2H3,(H,27,33)/t18-,23-,24-/m1/s1. The molecule has 3 aromatic rings. The fourth-order valence-electron chi connectivity index (χ4n) is 4.77. The summed E-state index contributed by atoms with van der Waals surface area (Å²) >= 11 is 5.87. The van der Waals surface area contributed by atoms with E-state index in [1.54, 1.807) is 14.2 Å². The molecule has 0 spiro atoms. The molecule has 8 heteroatoms. The number of anilines is 1. The average Bonchev–Trinajstić information content (AvgIpc) is 3.60. The molecule has 2 saturated heterocycles. The van der Waals surface area contributed by atoms with Gasteiger partial charge in [0.05, 0.1) is 37.7 Å². The van der Waals surface area contributed by atoms with E-state index in [-0.39, 0.29) is 18.2 Å². The Balaban J connectivity index is 1.60. The zero-order valence-corrected chi connectivity index (χ0v) is 19.6. The Labute approximate surface area is 199 Å². The molecule has 172 valence electrons. The van der Waals surface area contributed by atoms with Crippen LogP contribution in [0.25, 0.3) is 0 Å². The summed E-state index contributed by atoms with van der Waals surface area (Å²) in [5.41, 5.74) is 2.96. The van der Waals surface area contributed by atoms with E-state index < -0.39 is 0 Å². The van der Waals surface area contributed by atoms with E-state index in [1.165, 1.54) is 0 Å². The van der Waals surface area contributed by atoms with Crippen molar-refractivity contribution < 1.29 is 14.2 Å². The van der Waals surface area contributed by atoms with Gasteiger partial charge in [0.1, 0.15) is 17.5 Å². The topological polar surface area (TPSA) is 60.8 Å². The first-order valence-electron chi connectivity index (χ1n) is 11.2. The lowest BCUT2D eigenvalue weighted by atomic mass is 10.0. The van der Waals surface area contributed by atoms with Crippen LogP contribution in [0.1, 0.15) is 36.3 Å². The summed E-state index contributed by atoms with van der Waals surface area (Å²) < 4.78 is 19.4. The number of benzene rings is 1. The van der Waals surface area contributed by atoms with Crippen molar-refractivity contribution in [2.75, 3.05) is 25.7 Å². The first kappa shape index (κ1) is 21.7. The Morgan fingerprint density at radius 3 is 2.79 bits per heavy atom. The molecule has 0 bridgehead atoms. The first-order valence-corrected chi connectivity index (χ1v) is 11.6. The Morgan fingerprint density at radius 2 is 2.06 bits per heavy atom. The molecule has 33 heavy (non-hydrogen) atoms. The first-order chi connectivity index (χ1) is 16.2. The molecule has 2 aliphatic rings. The zero-order valence-electron chi connectivity index (χ0n) is 18.8. The Hall–Kier alpha value is -3.10. The third-order valence-corrected chi connectivity index (χ3v) is 6.65. The fourth-order valence-corrected chi connectivity index (χ4v) is 5.11. The van der Waals surface area contributed by atoms with Crippen LogP contribution in [-0.4, -0.2) is 41.6 Å². The number of methoxy groups -OCH3 is 2. The van der Waals surface area contributed by atoms with Crippen molar-refractivity contribution in [1.82, 2.24) is 14.9 Å². The molecule has 5 rings (SSSR count). The lowest BCUT2D eigenvalue weighted by Crippen LogP contribution is -2.31. The summed E-state index contributed by atoms with van der Waals surface area (Å²) in [6, 6.07) is 15.8. The summed E-state index contributed by atoms with van der Waals surface area (Å²) in [6.45, 7) is 1.65. The second-order valence-corrected chi connectivity index (χ2v) is 8.64. The number of nitrogens with one attached hydrogen (secondary N) is 1. The van der Waals surface area contributed by atoms with Crippen molar-refractivity contribution in [3.63, 3.8) is 0 Å². The second kappa shape index (κ2) is 9.41. The van der Waals surface area contributed by atoms with Crippen LogP contribution in [0.2, 0.25) is 0 Å². The third-order valence-electron chi connectivity index (χ3n) is 6.34. The van der Waals surface area contributed by atoms with E-state index in [0.717, 1.165) is 48.8 Å². The van der Waals surface area contributed by atoms with Gasteiger partial charge in [-0.1, -0.05) is 6.07 Å². The molecule has 7 nitrogen and oxygen atoms in total. The Morgan fingerprint density at radius 1 is 1.15 bits per heavy atom. The number of rotatable bonds is 7. The summed E-state index contributed by atoms with van der Waals surface area (Å²) in [5, 5.41) is 4.15. The van der Waals surface area contributed by atoms with Crippen LogP contribution in [0, 0.1) is 0 Å². The van der Waals surface area contributed by atoms with Gasteiger partial charge in [0, 0.05) is 37.3 Å². The average molecular weight is 465 g/mol. The normalized spacial score (nSPS) is 22.4. The predicted octanol–water partition coefficient (Wildman–Crippen LogP) is 4.26. The monoisotopic (exact) mass is 464 g/mol. The van der Waals surface area contributed by atoms with Crippen LogP contribution in [0.3, 0.4) is 0 Å². The van der Waals surface area contributed by atoms with Gasteiger partial charge < -0.3 is 29.0 Å². The van der Waals surface area contributed by atoms with Crippen LogP contribution in [0.4, 0.5) is 5.69 Å². The van der Waals surface area contributed by atoms with E-state index in [2.05, 4.69) is 38.1 Å². The maximum Gasteiger partial charge on any atom is 0.174 e. The van der Waals surface area contributed by atoms with Gasteiger partial charge >= 0.3 is 0 Å². The molecule has 0 unspecified atom stereocenters. The van der Waals surface area contributed by atoms with Gasteiger partial charge in [0.25, 0.3) is 0 Å². The highest BCUT2D eigenvalue weighted by Crippen LogP contribution is 2.45. The van der Waals surface area contributed by atoms with E-state index >= 15 is 0 Å². The van der Waals surface area contributed by atoms with E-state index in [9.17, 15) is 0 Å². The maximum absolute atomic E-state index is 5.93. The third kappa shape index (κ3) is 4.16. The van der Waals surface area contributed by atoms with E-state index in [4.69, 9.17) is 26.4 Å². The van der Waals surface area contributed by atoms with Gasteiger partial charge in [-0.05, 0) is 61.5 Å². The van der Waals surface area contributed by atoms with Crippen LogP contribution >= 0.6 is 12.2 Å². The van der Waals surface area contributed by atoms with Crippen molar-refractivity contribution in [2.45, 2.75) is 37.6 Å². The molecule has 2 aliphatic heterocycles. The van der Waals surface area contributed by atoms with Crippen LogP contribution in [-0.2, 0) is 11.3 Å². The molecule has 0 radical (unpaired) electrons. The van der Waals surface area contributed by atoms with Gasteiger partial charge in [0.2, 0.25) is 0 Å². The van der Waals surface area contributed by atoms with Crippen LogP contribution in [0.5, 0.6) is 11.5 Å². The van der Waals surface area contributed by atoms with Gasteiger partial charge in [-0.15, -0.1) is 0 Å². The van der Waals surface area contributed by atoms with Crippen molar-refractivity contribution in [3.05, 3.63) is 72.3 Å². The van der Waals surface area contributed by atoms with Crippen molar-refractivity contribution in [1.29, 1.82) is 0 Å². The summed E-state index contributed by atoms with van der Waals surface area (Å²) in [7, 11) is 3.31.